The van der Waals surface area contributed by atoms with Crippen LogP contribution in [0.25, 0.3) is 0 Å². The Bertz CT molecular complexity index is 1140. The molecule has 1 aromatic carbocycles. The molecule has 0 saturated heterocycles. The van der Waals surface area contributed by atoms with E-state index in [1.807, 2.05) is 0 Å². The zero-order valence-corrected chi connectivity index (χ0v) is 17.8. The summed E-state index contributed by atoms with van der Waals surface area (Å²) in [5.74, 6) is -0.677. The minimum absolute atomic E-state index is 0.215. The lowest BCUT2D eigenvalue weighted by molar-refractivity contribution is -0.137. The van der Waals surface area contributed by atoms with Crippen LogP contribution in [0.2, 0.25) is 5.02 Å². The van der Waals surface area contributed by atoms with Crippen molar-refractivity contribution < 1.29 is 32.0 Å². The first-order valence-corrected chi connectivity index (χ1v) is 10.2. The second-order valence-corrected chi connectivity index (χ2v) is 7.62. The van der Waals surface area contributed by atoms with Gasteiger partial charge in [0, 0.05) is 11.1 Å². The van der Waals surface area contributed by atoms with Gasteiger partial charge in [0.15, 0.2) is 18.2 Å². The number of nitrogens with zero attached hydrogens (tertiary/aromatic N) is 3. The number of rotatable bonds is 7. The molecule has 1 amide bonds. The van der Waals surface area contributed by atoms with Gasteiger partial charge in [-0.15, -0.1) is 11.8 Å². The van der Waals surface area contributed by atoms with Gasteiger partial charge in [0.1, 0.15) is 0 Å². The van der Waals surface area contributed by atoms with E-state index in [0.29, 0.717) is 34.6 Å². The van der Waals surface area contributed by atoms with Gasteiger partial charge in [-0.05, 0) is 25.1 Å². The highest BCUT2D eigenvalue weighted by Crippen LogP contribution is 2.32. The fourth-order valence-electron chi connectivity index (χ4n) is 2.36. The van der Waals surface area contributed by atoms with Gasteiger partial charge in [-0.2, -0.15) is 18.2 Å². The van der Waals surface area contributed by atoms with Crippen molar-refractivity contribution in [2.75, 3.05) is 11.9 Å². The Kier molecular flexibility index (Phi) is 7.36. The highest BCUT2D eigenvalue weighted by Gasteiger charge is 2.31. The van der Waals surface area contributed by atoms with Gasteiger partial charge < -0.3 is 14.6 Å². The molecule has 0 aliphatic heterocycles. The van der Waals surface area contributed by atoms with Gasteiger partial charge in [-0.1, -0.05) is 28.9 Å². The normalized spacial score (nSPS) is 11.3. The summed E-state index contributed by atoms with van der Waals surface area (Å²) in [4.78, 5) is 32.6. The number of nitrogens with one attached hydrogen (secondary N) is 1. The number of halogens is 4. The maximum absolute atomic E-state index is 12.7. The third-order valence-electron chi connectivity index (χ3n) is 3.79. The SMILES string of the molecule is Cc1noc(CSc2ccccc2C(=O)OCC(=O)Nc2ncc(C(F)(F)F)cc2Cl)n1. The van der Waals surface area contributed by atoms with Crippen molar-refractivity contribution in [2.24, 2.45) is 0 Å². The third-order valence-corrected chi connectivity index (χ3v) is 5.13. The van der Waals surface area contributed by atoms with Crippen LogP contribution >= 0.6 is 23.4 Å². The van der Waals surface area contributed by atoms with E-state index >= 15 is 0 Å². The Labute approximate surface area is 188 Å². The Balaban J connectivity index is 1.58. The molecular formula is C19H14ClF3N4O4S. The number of aryl methyl sites for hydroxylation is 1. The smallest absolute Gasteiger partial charge is 0.417 e. The van der Waals surface area contributed by atoms with Gasteiger partial charge in [0.05, 0.1) is 21.9 Å². The number of ether oxygens (including phenoxy) is 1. The summed E-state index contributed by atoms with van der Waals surface area (Å²) in [6.45, 7) is 0.987. The molecule has 2 aromatic heterocycles. The second kappa shape index (κ2) is 10.0. The number of alkyl halides is 3. The quantitative estimate of drug-likeness (QED) is 0.383. The molecule has 0 fully saturated rings. The summed E-state index contributed by atoms with van der Waals surface area (Å²) >= 11 is 7.01. The lowest BCUT2D eigenvalue weighted by Gasteiger charge is -2.11. The number of thioether (sulfide) groups is 1. The first kappa shape index (κ1) is 23.5. The molecule has 0 aliphatic carbocycles. The Morgan fingerprint density at radius 1 is 1.28 bits per heavy atom. The molecule has 13 heteroatoms. The second-order valence-electron chi connectivity index (χ2n) is 6.20. The predicted octanol–water partition coefficient (Wildman–Crippen LogP) is 4.53. The van der Waals surface area contributed by atoms with Crippen molar-refractivity contribution in [3.8, 4) is 0 Å². The zero-order chi connectivity index (χ0) is 23.3. The van der Waals surface area contributed by atoms with Crippen LogP contribution in [0.3, 0.4) is 0 Å². The average molecular weight is 487 g/mol. The van der Waals surface area contributed by atoms with Crippen molar-refractivity contribution in [2.45, 2.75) is 23.7 Å². The van der Waals surface area contributed by atoms with Crippen LogP contribution in [0.1, 0.15) is 27.6 Å². The van der Waals surface area contributed by atoms with Crippen LogP contribution < -0.4 is 5.32 Å². The molecule has 3 aromatic rings. The topological polar surface area (TPSA) is 107 Å². The number of anilines is 1. The number of carbonyl (C=O) groups excluding carboxylic acids is 2. The lowest BCUT2D eigenvalue weighted by atomic mass is 10.2. The van der Waals surface area contributed by atoms with E-state index in [-0.39, 0.29) is 11.4 Å². The van der Waals surface area contributed by atoms with Crippen LogP contribution in [0, 0.1) is 6.92 Å². The molecule has 0 radical (unpaired) electrons. The number of pyridine rings is 1. The Morgan fingerprint density at radius 3 is 2.69 bits per heavy atom. The van der Waals surface area contributed by atoms with Crippen LogP contribution in [-0.2, 0) is 21.5 Å². The van der Waals surface area contributed by atoms with E-state index < -0.39 is 35.2 Å². The molecule has 0 atom stereocenters. The molecule has 0 spiro atoms. The van der Waals surface area contributed by atoms with E-state index in [4.69, 9.17) is 20.9 Å². The summed E-state index contributed by atoms with van der Waals surface area (Å²) in [5, 5.41) is 5.48. The van der Waals surface area contributed by atoms with Gasteiger partial charge in [0.2, 0.25) is 5.89 Å². The number of hydrogen-bond donors (Lipinski definition) is 1. The molecule has 0 saturated carbocycles. The molecular weight excluding hydrogens is 473 g/mol. The van der Waals surface area contributed by atoms with E-state index in [2.05, 4.69) is 20.4 Å². The predicted molar refractivity (Wildman–Crippen MR) is 108 cm³/mol. The maximum atomic E-state index is 12.7. The number of carbonyl (C=O) groups is 2. The molecule has 2 heterocycles. The van der Waals surface area contributed by atoms with Gasteiger partial charge in [-0.25, -0.2) is 9.78 Å². The Morgan fingerprint density at radius 2 is 2.03 bits per heavy atom. The number of aromatic nitrogens is 3. The third kappa shape index (κ3) is 6.20. The number of hydrogen-bond acceptors (Lipinski definition) is 8. The van der Waals surface area contributed by atoms with Crippen LogP contribution in [0.4, 0.5) is 19.0 Å². The highest BCUT2D eigenvalue weighted by molar-refractivity contribution is 7.98. The standard InChI is InChI=1S/C19H14ClF3N4O4S/c1-10-25-16(31-27-10)9-32-14-5-3-2-4-12(14)18(29)30-8-15(28)26-17-13(20)6-11(7-24-17)19(21,22)23/h2-7H,8-9H2,1H3,(H,24,26,28). The molecule has 8 nitrogen and oxygen atoms in total. The fourth-order valence-corrected chi connectivity index (χ4v) is 3.45. The largest absolute Gasteiger partial charge is 0.452 e. The monoisotopic (exact) mass is 486 g/mol. The molecule has 3 rings (SSSR count). The van der Waals surface area contributed by atoms with E-state index in [9.17, 15) is 22.8 Å². The number of amides is 1. The van der Waals surface area contributed by atoms with Gasteiger partial charge in [0.25, 0.3) is 5.91 Å². The summed E-state index contributed by atoms with van der Waals surface area (Å²) in [7, 11) is 0. The van der Waals surface area contributed by atoms with E-state index in [1.54, 1.807) is 25.1 Å². The van der Waals surface area contributed by atoms with Crippen molar-refractivity contribution in [3.63, 3.8) is 0 Å². The molecule has 0 aliphatic rings. The summed E-state index contributed by atoms with van der Waals surface area (Å²) in [5.41, 5.74) is -0.844. The number of esters is 1. The van der Waals surface area contributed by atoms with Crippen molar-refractivity contribution in [1.29, 1.82) is 0 Å². The van der Waals surface area contributed by atoms with E-state index in [1.165, 1.54) is 17.8 Å². The zero-order valence-electron chi connectivity index (χ0n) is 16.3. The maximum Gasteiger partial charge on any atom is 0.417 e. The molecule has 0 unspecified atom stereocenters. The van der Waals surface area contributed by atoms with Crippen molar-refractivity contribution in [1.82, 2.24) is 15.1 Å². The molecule has 32 heavy (non-hydrogen) atoms. The lowest BCUT2D eigenvalue weighted by Crippen LogP contribution is -2.22. The van der Waals surface area contributed by atoms with E-state index in [0.717, 1.165) is 0 Å². The summed E-state index contributed by atoms with van der Waals surface area (Å²) < 4.78 is 48.0. The molecule has 0 bridgehead atoms. The first-order chi connectivity index (χ1) is 15.1. The van der Waals surface area contributed by atoms with Gasteiger partial charge in [-0.3, -0.25) is 4.79 Å². The van der Waals surface area contributed by atoms with Gasteiger partial charge >= 0.3 is 12.1 Å². The summed E-state index contributed by atoms with van der Waals surface area (Å²) in [6, 6.07) is 7.20. The Hall–Kier alpha value is -3.12. The highest BCUT2D eigenvalue weighted by atomic mass is 35.5. The minimum Gasteiger partial charge on any atom is -0.452 e. The number of benzene rings is 1. The minimum atomic E-state index is -4.62. The average Bonchev–Trinajstić information content (AvgIpc) is 3.16. The summed E-state index contributed by atoms with van der Waals surface area (Å²) in [6.07, 6.45) is -4.09. The molecule has 168 valence electrons. The van der Waals surface area contributed by atoms with Crippen molar-refractivity contribution in [3.05, 3.63) is 64.4 Å². The molecule has 1 N–H and O–H groups in total. The van der Waals surface area contributed by atoms with Crippen LogP contribution in [-0.4, -0.2) is 33.6 Å². The first-order valence-electron chi connectivity index (χ1n) is 8.84. The van der Waals surface area contributed by atoms with Crippen molar-refractivity contribution >= 4 is 41.1 Å². The van der Waals surface area contributed by atoms with Crippen LogP contribution in [0.5, 0.6) is 0 Å². The fraction of sp³-hybridized carbons (Fsp3) is 0.211. The van der Waals surface area contributed by atoms with Crippen LogP contribution in [0.15, 0.2) is 45.9 Å².